The van der Waals surface area contributed by atoms with Crippen LogP contribution in [0.2, 0.25) is 0 Å². The van der Waals surface area contributed by atoms with E-state index >= 15 is 0 Å². The van der Waals surface area contributed by atoms with Gasteiger partial charge in [-0.2, -0.15) is 10.4 Å². The topological polar surface area (TPSA) is 86.5 Å². The molecule has 1 atom stereocenters. The summed E-state index contributed by atoms with van der Waals surface area (Å²) >= 11 is 0. The van der Waals surface area contributed by atoms with Gasteiger partial charge < -0.3 is 10.1 Å². The Morgan fingerprint density at radius 1 is 1.50 bits per heavy atom. The largest absolute Gasteiger partial charge is 0.447 e. The highest BCUT2D eigenvalue weighted by atomic mass is 16.6. The van der Waals surface area contributed by atoms with Crippen molar-refractivity contribution < 1.29 is 9.53 Å². The van der Waals surface area contributed by atoms with Gasteiger partial charge in [-0.15, -0.1) is 0 Å². The van der Waals surface area contributed by atoms with Gasteiger partial charge in [0, 0.05) is 12.6 Å². The lowest BCUT2D eigenvalue weighted by molar-refractivity contribution is 0.177. The molecule has 1 amide bonds. The molecule has 0 radical (unpaired) electrons. The third-order valence-electron chi connectivity index (χ3n) is 2.84. The molecule has 1 saturated heterocycles. The van der Waals surface area contributed by atoms with E-state index in [0.717, 1.165) is 17.7 Å². The van der Waals surface area contributed by atoms with Crippen LogP contribution >= 0.6 is 0 Å². The first kappa shape index (κ1) is 13.9. The highest BCUT2D eigenvalue weighted by Gasteiger charge is 2.21. The summed E-state index contributed by atoms with van der Waals surface area (Å²) in [5.74, 6) is 0. The summed E-state index contributed by atoms with van der Waals surface area (Å²) in [4.78, 5) is 10.9. The summed E-state index contributed by atoms with van der Waals surface area (Å²) in [5, 5.41) is 15.1. The van der Waals surface area contributed by atoms with Crippen molar-refractivity contribution in [1.82, 2.24) is 5.32 Å². The fraction of sp³-hybridized carbons (Fsp3) is 0.357. The zero-order valence-electron chi connectivity index (χ0n) is 11.0. The van der Waals surface area contributed by atoms with Gasteiger partial charge in [-0.3, -0.25) is 5.43 Å². The molecule has 6 heteroatoms. The smallest absolute Gasteiger partial charge is 0.407 e. The molecule has 104 valence electrons. The van der Waals surface area contributed by atoms with E-state index in [0.29, 0.717) is 19.4 Å². The Hall–Kier alpha value is -2.55. The Balaban J connectivity index is 1.79. The van der Waals surface area contributed by atoms with Crippen LogP contribution < -0.4 is 10.7 Å². The number of rotatable bonds is 6. The molecule has 20 heavy (non-hydrogen) atoms. The number of anilines is 1. The number of cyclic esters (lactones) is 1. The average molecular weight is 272 g/mol. The molecule has 0 saturated carbocycles. The molecule has 0 aliphatic carbocycles. The number of nitriles is 1. The van der Waals surface area contributed by atoms with Gasteiger partial charge in [0.2, 0.25) is 0 Å². The van der Waals surface area contributed by atoms with E-state index in [4.69, 9.17) is 10.00 Å². The van der Waals surface area contributed by atoms with E-state index < -0.39 is 0 Å². The second kappa shape index (κ2) is 7.14. The Kier molecular flexibility index (Phi) is 4.95. The summed E-state index contributed by atoms with van der Waals surface area (Å²) in [6, 6.07) is 9.92. The van der Waals surface area contributed by atoms with Crippen molar-refractivity contribution in [3.8, 4) is 6.07 Å². The third kappa shape index (κ3) is 4.28. The van der Waals surface area contributed by atoms with Crippen molar-refractivity contribution in [3.63, 3.8) is 0 Å². The summed E-state index contributed by atoms with van der Waals surface area (Å²) < 4.78 is 4.84. The van der Waals surface area contributed by atoms with Gasteiger partial charge in [-0.25, -0.2) is 4.79 Å². The van der Waals surface area contributed by atoms with Crippen molar-refractivity contribution in [3.05, 3.63) is 29.8 Å². The number of nitrogens with zero attached hydrogens (tertiary/aromatic N) is 2. The summed E-state index contributed by atoms with van der Waals surface area (Å²) in [6.45, 7) is 0.419. The van der Waals surface area contributed by atoms with Crippen LogP contribution in [0.15, 0.2) is 29.4 Å². The molecule has 2 N–H and O–H groups in total. The van der Waals surface area contributed by atoms with E-state index in [2.05, 4.69) is 21.9 Å². The zero-order chi connectivity index (χ0) is 14.2. The first-order valence-electron chi connectivity index (χ1n) is 6.44. The molecule has 0 spiro atoms. The maximum absolute atomic E-state index is 10.9. The number of carbonyl (C=O) groups excluding carboxylic acids is 1. The number of amides is 1. The quantitative estimate of drug-likeness (QED) is 0.471. The Bertz CT molecular complexity index is 519. The third-order valence-corrected chi connectivity index (χ3v) is 2.84. The lowest BCUT2D eigenvalue weighted by Gasteiger charge is -2.07. The highest BCUT2D eigenvalue weighted by molar-refractivity contribution is 5.69. The average Bonchev–Trinajstić information content (AvgIpc) is 2.86. The molecule has 1 unspecified atom stereocenters. The van der Waals surface area contributed by atoms with E-state index in [9.17, 15) is 4.79 Å². The van der Waals surface area contributed by atoms with Gasteiger partial charge in [0.05, 0.1) is 17.8 Å². The van der Waals surface area contributed by atoms with Crippen LogP contribution in [0.4, 0.5) is 10.5 Å². The number of hydrogen-bond donors (Lipinski definition) is 2. The zero-order valence-corrected chi connectivity index (χ0v) is 11.0. The Morgan fingerprint density at radius 3 is 2.95 bits per heavy atom. The number of hydrogen-bond acceptors (Lipinski definition) is 5. The second-order valence-electron chi connectivity index (χ2n) is 4.46. The van der Waals surface area contributed by atoms with Crippen molar-refractivity contribution in [1.29, 1.82) is 5.26 Å². The van der Waals surface area contributed by atoms with Gasteiger partial charge in [0.1, 0.15) is 6.61 Å². The maximum Gasteiger partial charge on any atom is 0.407 e. The number of carbonyl (C=O) groups is 1. The van der Waals surface area contributed by atoms with Crippen molar-refractivity contribution >= 4 is 18.0 Å². The fourth-order valence-electron chi connectivity index (χ4n) is 1.85. The molecule has 6 nitrogen and oxygen atoms in total. The SMILES string of the molecule is N#CCCC=NNc1ccc(CC2COC(=O)N2)cc1. The van der Waals surface area contributed by atoms with Crippen molar-refractivity contribution in [2.75, 3.05) is 12.0 Å². The van der Waals surface area contributed by atoms with Crippen LogP contribution in [-0.4, -0.2) is 25.0 Å². The number of alkyl carbamates (subject to hydrolysis) is 1. The number of benzene rings is 1. The Morgan fingerprint density at radius 2 is 2.30 bits per heavy atom. The minimum atomic E-state index is -0.347. The summed E-state index contributed by atoms with van der Waals surface area (Å²) in [7, 11) is 0. The van der Waals surface area contributed by atoms with Crippen LogP contribution in [0.5, 0.6) is 0 Å². The van der Waals surface area contributed by atoms with E-state index in [1.807, 2.05) is 24.3 Å². The number of unbranched alkanes of at least 4 members (excludes halogenated alkanes) is 1. The predicted octanol–water partition coefficient (Wildman–Crippen LogP) is 2.04. The number of hydrazone groups is 1. The molecule has 0 bridgehead atoms. The predicted molar refractivity (Wildman–Crippen MR) is 75.4 cm³/mol. The molecule has 1 aromatic carbocycles. The van der Waals surface area contributed by atoms with E-state index in [1.54, 1.807) is 6.21 Å². The van der Waals surface area contributed by atoms with E-state index in [1.165, 1.54) is 0 Å². The van der Waals surface area contributed by atoms with Gasteiger partial charge >= 0.3 is 6.09 Å². The van der Waals surface area contributed by atoms with Gasteiger partial charge in [0.25, 0.3) is 0 Å². The molecule has 0 aromatic heterocycles. The molecule has 1 aliphatic rings. The van der Waals surface area contributed by atoms with Crippen LogP contribution in [0, 0.1) is 11.3 Å². The maximum atomic E-state index is 10.9. The molecule has 1 aliphatic heterocycles. The second-order valence-corrected chi connectivity index (χ2v) is 4.46. The van der Waals surface area contributed by atoms with Crippen molar-refractivity contribution in [2.24, 2.45) is 5.10 Å². The lowest BCUT2D eigenvalue weighted by Crippen LogP contribution is -2.28. The molecule has 1 aromatic rings. The fourth-order valence-corrected chi connectivity index (χ4v) is 1.85. The summed E-state index contributed by atoms with van der Waals surface area (Å²) in [6.07, 6.45) is 3.20. The number of nitrogens with one attached hydrogen (secondary N) is 2. The first-order chi connectivity index (χ1) is 9.78. The first-order valence-corrected chi connectivity index (χ1v) is 6.44. The molecule has 1 fully saturated rings. The van der Waals surface area contributed by atoms with Crippen LogP contribution in [0.1, 0.15) is 18.4 Å². The van der Waals surface area contributed by atoms with Gasteiger partial charge in [0.15, 0.2) is 0 Å². The van der Waals surface area contributed by atoms with Crippen LogP contribution in [0.3, 0.4) is 0 Å². The Labute approximate surface area is 117 Å². The van der Waals surface area contributed by atoms with Crippen LogP contribution in [-0.2, 0) is 11.2 Å². The van der Waals surface area contributed by atoms with E-state index in [-0.39, 0.29) is 12.1 Å². The lowest BCUT2D eigenvalue weighted by atomic mass is 10.1. The van der Waals surface area contributed by atoms with Gasteiger partial charge in [-0.1, -0.05) is 12.1 Å². The monoisotopic (exact) mass is 272 g/mol. The van der Waals surface area contributed by atoms with Crippen molar-refractivity contribution in [2.45, 2.75) is 25.3 Å². The number of ether oxygens (including phenoxy) is 1. The van der Waals surface area contributed by atoms with Crippen LogP contribution in [0.25, 0.3) is 0 Å². The minimum absolute atomic E-state index is 0.0466. The molecular weight excluding hydrogens is 256 g/mol. The normalized spacial score (nSPS) is 17.6. The molecule has 2 rings (SSSR count). The van der Waals surface area contributed by atoms with Gasteiger partial charge in [-0.05, 0) is 30.5 Å². The highest BCUT2D eigenvalue weighted by Crippen LogP contribution is 2.12. The molecular formula is C14H16N4O2. The minimum Gasteiger partial charge on any atom is -0.447 e. The summed E-state index contributed by atoms with van der Waals surface area (Å²) in [5.41, 5.74) is 4.90. The standard InChI is InChI=1S/C14H16N4O2/c15-7-1-2-8-16-18-12-5-3-11(4-6-12)9-13-10-20-14(19)17-13/h3-6,8,13,18H,1-2,9-10H2,(H,17,19). The molecule has 1 heterocycles.